The molecule has 1 aromatic carbocycles. The third-order valence-electron chi connectivity index (χ3n) is 4.44. The lowest BCUT2D eigenvalue weighted by molar-refractivity contribution is -0.885. The van der Waals surface area contributed by atoms with Gasteiger partial charge in [-0.2, -0.15) is 0 Å². The van der Waals surface area contributed by atoms with E-state index in [1.54, 1.807) is 23.1 Å². The zero-order valence-electron chi connectivity index (χ0n) is 15.5. The van der Waals surface area contributed by atoms with E-state index in [4.69, 9.17) is 14.2 Å². The number of carbonyl (C=O) groups is 1. The first-order valence-corrected chi connectivity index (χ1v) is 9.33. The summed E-state index contributed by atoms with van der Waals surface area (Å²) in [6.45, 7) is 8.85. The van der Waals surface area contributed by atoms with Gasteiger partial charge in [0.05, 0.1) is 32.8 Å². The van der Waals surface area contributed by atoms with Crippen LogP contribution in [0, 0.1) is 5.92 Å². The van der Waals surface area contributed by atoms with E-state index in [1.807, 2.05) is 0 Å². The molecule has 0 saturated carbocycles. The number of benzene rings is 1. The minimum atomic E-state index is -0.265. The number of nitrogens with one attached hydrogen (secondary N) is 2. The van der Waals surface area contributed by atoms with Crippen molar-refractivity contribution in [3.05, 3.63) is 23.8 Å². The molecule has 2 aliphatic heterocycles. The summed E-state index contributed by atoms with van der Waals surface area (Å²) in [7, 11) is 0. The van der Waals surface area contributed by atoms with E-state index >= 15 is 0 Å². The summed E-state index contributed by atoms with van der Waals surface area (Å²) in [5.41, 5.74) is 0.486. The van der Waals surface area contributed by atoms with Gasteiger partial charge < -0.3 is 19.1 Å². The second kappa shape index (κ2) is 8.89. The number of fused-ring (bicyclic) bond motifs is 1. The van der Waals surface area contributed by atoms with Gasteiger partial charge in [-0.15, -0.1) is 0 Å². The van der Waals surface area contributed by atoms with E-state index in [1.165, 1.54) is 25.9 Å². The number of carbonyl (C=O) groups excluding carboxylic acids is 1. The molecule has 26 heavy (non-hydrogen) atoms. The molecular weight excluding hydrogens is 334 g/mol. The van der Waals surface area contributed by atoms with Crippen LogP contribution in [0.4, 0.5) is 0 Å². The van der Waals surface area contributed by atoms with Crippen LogP contribution in [0.25, 0.3) is 0 Å². The predicted molar refractivity (Wildman–Crippen MR) is 97.9 cm³/mol. The summed E-state index contributed by atoms with van der Waals surface area (Å²) in [4.78, 5) is 18.6. The lowest BCUT2D eigenvalue weighted by Crippen LogP contribution is -3.10. The SMILES string of the molecule is CC(C)COC(=NCC[NH+]1CCCC1)NC(=O)c1ccc2c(c1)OCO2. The number of nitrogens with zero attached hydrogens (tertiary/aromatic N) is 1. The van der Waals surface area contributed by atoms with Crippen molar-refractivity contribution in [1.29, 1.82) is 0 Å². The molecule has 0 radical (unpaired) electrons. The third kappa shape index (κ3) is 5.11. The van der Waals surface area contributed by atoms with E-state index in [0.717, 1.165) is 6.54 Å². The molecule has 0 bridgehead atoms. The van der Waals surface area contributed by atoms with E-state index < -0.39 is 0 Å². The second-order valence-corrected chi connectivity index (χ2v) is 7.12. The molecule has 142 valence electrons. The van der Waals surface area contributed by atoms with Crippen LogP contribution in [0.2, 0.25) is 0 Å². The number of amidine groups is 1. The molecule has 2 heterocycles. The molecule has 0 aromatic heterocycles. The second-order valence-electron chi connectivity index (χ2n) is 7.12. The molecule has 7 heteroatoms. The van der Waals surface area contributed by atoms with Crippen molar-refractivity contribution in [3.8, 4) is 11.5 Å². The average Bonchev–Trinajstić information content (AvgIpc) is 3.30. The van der Waals surface area contributed by atoms with Crippen molar-refractivity contribution in [2.45, 2.75) is 26.7 Å². The quantitative estimate of drug-likeness (QED) is 0.581. The van der Waals surface area contributed by atoms with Gasteiger partial charge in [-0.25, -0.2) is 4.99 Å². The highest BCUT2D eigenvalue weighted by molar-refractivity contribution is 6.04. The van der Waals surface area contributed by atoms with Crippen LogP contribution in [0.1, 0.15) is 37.0 Å². The van der Waals surface area contributed by atoms with E-state index in [9.17, 15) is 4.79 Å². The smallest absolute Gasteiger partial charge is 0.291 e. The maximum absolute atomic E-state index is 12.5. The number of aliphatic imine (C=N–C) groups is 1. The average molecular weight is 362 g/mol. The van der Waals surface area contributed by atoms with Crippen LogP contribution in [0.5, 0.6) is 11.5 Å². The molecule has 1 aromatic rings. The summed E-state index contributed by atoms with van der Waals surface area (Å²) in [5.74, 6) is 1.32. The molecule has 0 spiro atoms. The Morgan fingerprint density at radius 3 is 2.81 bits per heavy atom. The third-order valence-corrected chi connectivity index (χ3v) is 4.44. The topological polar surface area (TPSA) is 73.6 Å². The molecule has 1 amide bonds. The van der Waals surface area contributed by atoms with Gasteiger partial charge in [-0.05, 0) is 24.1 Å². The van der Waals surface area contributed by atoms with Gasteiger partial charge in [0.25, 0.3) is 11.9 Å². The van der Waals surface area contributed by atoms with Gasteiger partial charge in [-0.1, -0.05) is 13.8 Å². The number of amides is 1. The summed E-state index contributed by atoms with van der Waals surface area (Å²) in [6, 6.07) is 5.41. The Morgan fingerprint density at radius 1 is 1.27 bits per heavy atom. The molecular formula is C19H28N3O4+. The van der Waals surface area contributed by atoms with Crippen LogP contribution in [-0.4, -0.2) is 51.5 Å². The maximum atomic E-state index is 12.5. The fraction of sp³-hybridized carbons (Fsp3) is 0.579. The van der Waals surface area contributed by atoms with Gasteiger partial charge in [0.1, 0.15) is 0 Å². The highest BCUT2D eigenvalue weighted by atomic mass is 16.7. The molecule has 2 N–H and O–H groups in total. The zero-order chi connectivity index (χ0) is 18.4. The first kappa shape index (κ1) is 18.5. The van der Waals surface area contributed by atoms with Crippen molar-refractivity contribution in [3.63, 3.8) is 0 Å². The molecule has 3 rings (SSSR count). The summed E-state index contributed by atoms with van der Waals surface area (Å²) >= 11 is 0. The lowest BCUT2D eigenvalue weighted by Gasteiger charge is -2.14. The first-order valence-electron chi connectivity index (χ1n) is 9.33. The normalized spacial score (nSPS) is 17.0. The molecule has 7 nitrogen and oxygen atoms in total. The Kier molecular flexibility index (Phi) is 6.33. The Bertz CT molecular complexity index is 654. The van der Waals surface area contributed by atoms with Crippen LogP contribution >= 0.6 is 0 Å². The summed E-state index contributed by atoms with van der Waals surface area (Å²) in [6.07, 6.45) is 2.58. The Hall–Kier alpha value is -2.28. The molecule has 1 saturated heterocycles. The van der Waals surface area contributed by atoms with E-state index in [-0.39, 0.29) is 12.7 Å². The maximum Gasteiger partial charge on any atom is 0.291 e. The Balaban J connectivity index is 1.60. The molecule has 0 aliphatic carbocycles. The van der Waals surface area contributed by atoms with Crippen molar-refractivity contribution in [1.82, 2.24) is 5.32 Å². The zero-order valence-corrected chi connectivity index (χ0v) is 15.5. The first-order chi connectivity index (χ1) is 12.6. The number of rotatable bonds is 6. The monoisotopic (exact) mass is 362 g/mol. The molecule has 0 atom stereocenters. The Labute approximate surface area is 154 Å². The summed E-state index contributed by atoms with van der Waals surface area (Å²) in [5, 5.41) is 2.79. The lowest BCUT2D eigenvalue weighted by atomic mass is 10.2. The van der Waals surface area contributed by atoms with Crippen LogP contribution in [0.15, 0.2) is 23.2 Å². The number of quaternary nitrogens is 1. The van der Waals surface area contributed by atoms with Gasteiger partial charge in [0, 0.05) is 18.4 Å². The highest BCUT2D eigenvalue weighted by Crippen LogP contribution is 2.32. The fourth-order valence-electron chi connectivity index (χ4n) is 3.01. The standard InChI is InChI=1S/C19H27N3O4/c1-14(2)12-24-19(20-7-10-22-8-3-4-9-22)21-18(23)15-5-6-16-17(11-15)26-13-25-16/h5-6,11,14H,3-4,7-10,12-13H2,1-2H3,(H,20,21,23)/p+1. The largest absolute Gasteiger partial charge is 0.465 e. The highest BCUT2D eigenvalue weighted by Gasteiger charge is 2.18. The van der Waals surface area contributed by atoms with Crippen LogP contribution in [0.3, 0.4) is 0 Å². The van der Waals surface area contributed by atoms with Gasteiger partial charge in [0.15, 0.2) is 11.5 Å². The van der Waals surface area contributed by atoms with Crippen LogP contribution in [-0.2, 0) is 4.74 Å². The van der Waals surface area contributed by atoms with Gasteiger partial charge in [0.2, 0.25) is 6.79 Å². The minimum absolute atomic E-state index is 0.184. The van der Waals surface area contributed by atoms with Gasteiger partial charge >= 0.3 is 0 Å². The Morgan fingerprint density at radius 2 is 2.04 bits per heavy atom. The molecule has 1 fully saturated rings. The van der Waals surface area contributed by atoms with Crippen molar-refractivity contribution < 1.29 is 23.9 Å². The number of likely N-dealkylation sites (tertiary alicyclic amines) is 1. The minimum Gasteiger partial charge on any atom is -0.465 e. The fourth-order valence-corrected chi connectivity index (χ4v) is 3.01. The predicted octanol–water partition coefficient (Wildman–Crippen LogP) is 0.852. The van der Waals surface area contributed by atoms with Crippen molar-refractivity contribution in [2.24, 2.45) is 10.9 Å². The van der Waals surface area contributed by atoms with E-state index in [2.05, 4.69) is 24.2 Å². The van der Waals surface area contributed by atoms with Crippen molar-refractivity contribution in [2.75, 3.05) is 39.6 Å². The number of hydrogen-bond donors (Lipinski definition) is 2. The van der Waals surface area contributed by atoms with Crippen LogP contribution < -0.4 is 19.7 Å². The molecule has 0 unspecified atom stereocenters. The number of hydrogen-bond acceptors (Lipinski definition) is 5. The van der Waals surface area contributed by atoms with Gasteiger partial charge in [-0.3, -0.25) is 10.1 Å². The summed E-state index contributed by atoms with van der Waals surface area (Å²) < 4.78 is 16.3. The number of ether oxygens (including phenoxy) is 3. The molecule has 2 aliphatic rings. The van der Waals surface area contributed by atoms with E-state index in [0.29, 0.717) is 42.2 Å². The van der Waals surface area contributed by atoms with Crippen molar-refractivity contribution >= 4 is 11.9 Å².